The first-order valence-corrected chi connectivity index (χ1v) is 13.8. The maximum Gasteiger partial charge on any atom is 0.251 e. The molecule has 0 unspecified atom stereocenters. The van der Waals surface area contributed by atoms with Crippen LogP contribution in [0.2, 0.25) is 0 Å². The largest absolute Gasteiger partial charge is 0.346 e. The summed E-state index contributed by atoms with van der Waals surface area (Å²) in [5.74, 6) is 0.202. The first-order valence-electron chi connectivity index (χ1n) is 12.0. The first kappa shape index (κ1) is 22.8. The summed E-state index contributed by atoms with van der Waals surface area (Å²) in [7, 11) is -3.16. The molecule has 0 bridgehead atoms. The Hall–Kier alpha value is -3.59. The zero-order valence-electron chi connectivity index (χ0n) is 19.7. The number of pyridine rings is 1. The molecule has 1 amide bonds. The van der Waals surface area contributed by atoms with Gasteiger partial charge < -0.3 is 5.32 Å². The van der Waals surface area contributed by atoms with Crippen molar-refractivity contribution in [2.45, 2.75) is 37.6 Å². The molecule has 36 heavy (non-hydrogen) atoms. The number of carbonyl (C=O) groups excluding carboxylic acids is 1. The van der Waals surface area contributed by atoms with Gasteiger partial charge in [-0.1, -0.05) is 18.2 Å². The molecule has 1 aliphatic carbocycles. The Balaban J connectivity index is 1.44. The summed E-state index contributed by atoms with van der Waals surface area (Å²) in [6, 6.07) is 16.5. The minimum Gasteiger partial charge on any atom is -0.346 e. The van der Waals surface area contributed by atoms with Gasteiger partial charge >= 0.3 is 0 Å². The van der Waals surface area contributed by atoms with Crippen LogP contribution in [0.25, 0.3) is 28.0 Å². The maximum absolute atomic E-state index is 13.6. The van der Waals surface area contributed by atoms with Crippen molar-refractivity contribution in [2.75, 3.05) is 11.5 Å². The second-order valence-electron chi connectivity index (χ2n) is 10.1. The molecule has 0 spiro atoms. The van der Waals surface area contributed by atoms with Crippen LogP contribution in [-0.4, -0.2) is 46.1 Å². The monoisotopic (exact) mass is 504 g/mol. The Morgan fingerprint density at radius 1 is 1.14 bits per heavy atom. The van der Waals surface area contributed by atoms with Crippen molar-refractivity contribution in [1.29, 1.82) is 0 Å². The van der Waals surface area contributed by atoms with E-state index in [1.165, 1.54) is 24.5 Å². The average molecular weight is 505 g/mol. The second kappa shape index (κ2) is 8.23. The first-order chi connectivity index (χ1) is 17.2. The molecule has 4 aromatic rings. The number of amides is 1. The van der Waals surface area contributed by atoms with Gasteiger partial charge in [-0.2, -0.15) is 5.10 Å². The van der Waals surface area contributed by atoms with E-state index in [9.17, 15) is 17.6 Å². The predicted molar refractivity (Wildman–Crippen MR) is 135 cm³/mol. The third kappa shape index (κ3) is 4.28. The minimum atomic E-state index is -3.16. The summed E-state index contributed by atoms with van der Waals surface area (Å²) in [5.41, 5.74) is 3.22. The fourth-order valence-electron chi connectivity index (χ4n) is 4.95. The number of rotatable bonds is 5. The standard InChI is InChI=1S/C27H25FN4O3S/c1-27(11-12-36(34,35)16-27)30-26(33)20-7-9-22-23(14-20)32(24-10-8-21(28)15-29-24)31-25(22)19-4-2-3-18(13-19)17-5-6-17/h2-4,7-10,13-15,17H,5-6,11-12,16H2,1H3,(H,30,33)/t27-/m0/s1. The molecule has 1 aliphatic heterocycles. The normalized spacial score (nSPS) is 21.1. The molecule has 184 valence electrons. The van der Waals surface area contributed by atoms with Crippen LogP contribution in [0, 0.1) is 5.82 Å². The van der Waals surface area contributed by atoms with Gasteiger partial charge in [0.15, 0.2) is 15.7 Å². The molecule has 2 aromatic carbocycles. The van der Waals surface area contributed by atoms with Gasteiger partial charge in [0, 0.05) is 16.5 Å². The van der Waals surface area contributed by atoms with Crippen molar-refractivity contribution in [1.82, 2.24) is 20.1 Å². The molecule has 2 aromatic heterocycles. The van der Waals surface area contributed by atoms with Crippen molar-refractivity contribution in [3.05, 3.63) is 77.7 Å². The number of aromatic nitrogens is 3. The fraction of sp³-hybridized carbons (Fsp3) is 0.296. The van der Waals surface area contributed by atoms with Crippen LogP contribution in [0.5, 0.6) is 0 Å². The Bertz CT molecular complexity index is 1610. The van der Waals surface area contributed by atoms with Crippen LogP contribution in [-0.2, 0) is 9.84 Å². The van der Waals surface area contributed by atoms with Gasteiger partial charge in [-0.05, 0) is 74.1 Å². The third-order valence-corrected chi connectivity index (χ3v) is 8.90. The highest BCUT2D eigenvalue weighted by Crippen LogP contribution is 2.41. The highest BCUT2D eigenvalue weighted by atomic mass is 32.2. The molecule has 2 aliphatic rings. The van der Waals surface area contributed by atoms with Gasteiger partial charge in [-0.15, -0.1) is 0 Å². The molecule has 0 radical (unpaired) electrons. The molecule has 7 nitrogen and oxygen atoms in total. The zero-order valence-corrected chi connectivity index (χ0v) is 20.6. The van der Waals surface area contributed by atoms with E-state index in [1.807, 2.05) is 18.2 Å². The Labute approximate surface area is 208 Å². The summed E-state index contributed by atoms with van der Waals surface area (Å²) < 4.78 is 39.1. The van der Waals surface area contributed by atoms with Crippen molar-refractivity contribution in [3.63, 3.8) is 0 Å². The lowest BCUT2D eigenvalue weighted by Crippen LogP contribution is -2.46. The third-order valence-electron chi connectivity index (χ3n) is 7.00. The molecule has 3 heterocycles. The summed E-state index contributed by atoms with van der Waals surface area (Å²) in [6.07, 6.45) is 3.89. The van der Waals surface area contributed by atoms with Crippen molar-refractivity contribution < 1.29 is 17.6 Å². The Morgan fingerprint density at radius 3 is 2.67 bits per heavy atom. The van der Waals surface area contributed by atoms with Crippen molar-refractivity contribution in [2.24, 2.45) is 0 Å². The van der Waals surface area contributed by atoms with Crippen molar-refractivity contribution >= 4 is 26.6 Å². The quantitative estimate of drug-likeness (QED) is 0.435. The van der Waals surface area contributed by atoms with E-state index in [2.05, 4.69) is 22.4 Å². The van der Waals surface area contributed by atoms with E-state index in [0.29, 0.717) is 29.2 Å². The molecule has 1 atom stereocenters. The van der Waals surface area contributed by atoms with E-state index in [4.69, 9.17) is 5.10 Å². The number of hydrogen-bond acceptors (Lipinski definition) is 5. The summed E-state index contributed by atoms with van der Waals surface area (Å²) >= 11 is 0. The number of benzene rings is 2. The van der Waals surface area contributed by atoms with E-state index >= 15 is 0 Å². The number of nitrogens with zero attached hydrogens (tertiary/aromatic N) is 3. The molecule has 6 rings (SSSR count). The highest BCUT2D eigenvalue weighted by Gasteiger charge is 2.39. The second-order valence-corrected chi connectivity index (χ2v) is 12.3. The predicted octanol–water partition coefficient (Wildman–Crippen LogP) is 4.41. The Morgan fingerprint density at radius 2 is 1.97 bits per heavy atom. The van der Waals surface area contributed by atoms with Gasteiger partial charge in [0.05, 0.1) is 28.8 Å². The molecule has 9 heteroatoms. The smallest absolute Gasteiger partial charge is 0.251 e. The Kier molecular flexibility index (Phi) is 5.22. The lowest BCUT2D eigenvalue weighted by molar-refractivity contribution is 0.0915. The zero-order chi connectivity index (χ0) is 25.1. The van der Waals surface area contributed by atoms with Crippen LogP contribution in [0.15, 0.2) is 60.8 Å². The van der Waals surface area contributed by atoms with Crippen LogP contribution in [0.1, 0.15) is 48.0 Å². The number of sulfone groups is 1. The van der Waals surface area contributed by atoms with Crippen LogP contribution in [0.4, 0.5) is 4.39 Å². The van der Waals surface area contributed by atoms with E-state index < -0.39 is 21.2 Å². The molecular formula is C27H25FN4O3S. The number of nitrogens with one attached hydrogen (secondary N) is 1. The average Bonchev–Trinajstić information content (AvgIpc) is 3.58. The topological polar surface area (TPSA) is 93.9 Å². The van der Waals surface area contributed by atoms with Gasteiger partial charge in [-0.3, -0.25) is 4.79 Å². The summed E-state index contributed by atoms with van der Waals surface area (Å²) in [5, 5.41) is 8.58. The van der Waals surface area contributed by atoms with Gasteiger partial charge in [0.2, 0.25) is 0 Å². The number of halogens is 1. The van der Waals surface area contributed by atoms with Crippen LogP contribution in [0.3, 0.4) is 0 Å². The lowest BCUT2D eigenvalue weighted by atomic mass is 10.00. The molecule has 1 saturated heterocycles. The SMILES string of the molecule is C[C@]1(NC(=O)c2ccc3c(-c4cccc(C5CC5)c4)nn(-c4ccc(F)cn4)c3c2)CCS(=O)(=O)C1. The fourth-order valence-corrected chi connectivity index (χ4v) is 7.04. The molecule has 2 fully saturated rings. The van der Waals surface area contributed by atoms with Crippen molar-refractivity contribution in [3.8, 4) is 17.1 Å². The molecule has 1 saturated carbocycles. The van der Waals surface area contributed by atoms with E-state index in [-0.39, 0.29) is 17.4 Å². The summed E-state index contributed by atoms with van der Waals surface area (Å²) in [4.78, 5) is 17.4. The van der Waals surface area contributed by atoms with Gasteiger partial charge in [0.25, 0.3) is 5.91 Å². The van der Waals surface area contributed by atoms with Gasteiger partial charge in [-0.25, -0.2) is 22.5 Å². The molecule has 1 N–H and O–H groups in total. The molecular weight excluding hydrogens is 479 g/mol. The minimum absolute atomic E-state index is 0.0646. The van der Waals surface area contributed by atoms with E-state index in [1.54, 1.807) is 29.8 Å². The van der Waals surface area contributed by atoms with E-state index in [0.717, 1.165) is 22.8 Å². The number of carbonyl (C=O) groups is 1. The maximum atomic E-state index is 13.6. The van der Waals surface area contributed by atoms with Gasteiger partial charge in [0.1, 0.15) is 11.5 Å². The van der Waals surface area contributed by atoms with Crippen LogP contribution < -0.4 is 5.32 Å². The van der Waals surface area contributed by atoms with Crippen LogP contribution >= 0.6 is 0 Å². The lowest BCUT2D eigenvalue weighted by Gasteiger charge is -2.23. The number of hydrogen-bond donors (Lipinski definition) is 1. The number of fused-ring (bicyclic) bond motifs is 1. The highest BCUT2D eigenvalue weighted by molar-refractivity contribution is 7.91. The summed E-state index contributed by atoms with van der Waals surface area (Å²) in [6.45, 7) is 1.76.